The van der Waals surface area contributed by atoms with Crippen molar-refractivity contribution < 1.29 is 9.90 Å². The summed E-state index contributed by atoms with van der Waals surface area (Å²) in [7, 11) is 1.90. The molecule has 2 heterocycles. The number of rotatable bonds is 4. The summed E-state index contributed by atoms with van der Waals surface area (Å²) in [6.45, 7) is 8.45. The number of nitrogens with one attached hydrogen (secondary N) is 2. The van der Waals surface area contributed by atoms with Gasteiger partial charge in [0.15, 0.2) is 0 Å². The molecule has 0 spiro atoms. The molecule has 2 unspecified atom stereocenters. The van der Waals surface area contributed by atoms with Gasteiger partial charge in [0.25, 0.3) is 0 Å². The molecule has 1 amide bonds. The van der Waals surface area contributed by atoms with Crippen LogP contribution in [0.1, 0.15) is 87.2 Å². The molecule has 2 atom stereocenters. The SMILES string of the molecule is CC.CCC(C)c1ccc(N(C)C(=O)C2Cc3cccc(c3)CCSCc3[nH]c4ccc(O)cc4c3CC(=C3CCC3)N2)cc1. The first-order valence-corrected chi connectivity index (χ1v) is 17.9. The number of hydrogen-bond donors (Lipinski definition) is 3. The molecule has 2 bridgehead atoms. The maximum Gasteiger partial charge on any atom is 0.249 e. The Balaban J connectivity index is 0.00000196. The average Bonchev–Trinajstić information content (AvgIpc) is 3.37. The standard InChI is InChI=1S/C37H43N3O2S.C2H6/c1-4-24(2)27-11-13-29(14-12-27)40(3)37(42)35-20-26-8-5-7-25(19-26)17-18-43-23-36-32(22-34(39-35)28-9-6-10-28)31-21-30(41)15-16-33(31)38-36;1-2/h5,7-8,11-16,19,21,24,35,38-39,41H,4,6,9-10,17-18,20,22-23H2,1-3H3;1-2H3. The van der Waals surface area contributed by atoms with Crippen molar-refractivity contribution in [2.24, 2.45) is 0 Å². The summed E-state index contributed by atoms with van der Waals surface area (Å²) in [5.74, 6) is 2.74. The van der Waals surface area contributed by atoms with E-state index in [0.717, 1.165) is 59.5 Å². The number of carbonyl (C=O) groups excluding carboxylic acids is 1. The number of benzene rings is 3. The Morgan fingerprint density at radius 1 is 1.02 bits per heavy atom. The first-order valence-electron chi connectivity index (χ1n) is 16.7. The second-order valence-corrected chi connectivity index (χ2v) is 13.4. The number of anilines is 1. The third-order valence-corrected chi connectivity index (χ3v) is 10.4. The highest BCUT2D eigenvalue weighted by Crippen LogP contribution is 2.35. The van der Waals surface area contributed by atoms with Crippen molar-refractivity contribution >= 4 is 34.3 Å². The molecule has 45 heavy (non-hydrogen) atoms. The number of phenols is 1. The van der Waals surface area contributed by atoms with Crippen LogP contribution >= 0.6 is 11.8 Å². The minimum absolute atomic E-state index is 0.0681. The van der Waals surface area contributed by atoms with Crippen LogP contribution in [0, 0.1) is 0 Å². The van der Waals surface area contributed by atoms with Crippen LogP contribution in [0.25, 0.3) is 10.9 Å². The second kappa shape index (κ2) is 15.1. The van der Waals surface area contributed by atoms with E-state index in [1.165, 1.54) is 39.9 Å². The predicted octanol–water partition coefficient (Wildman–Crippen LogP) is 9.05. The molecule has 1 aromatic heterocycles. The Kier molecular flexibility index (Phi) is 11.0. The monoisotopic (exact) mass is 623 g/mol. The lowest BCUT2D eigenvalue weighted by Crippen LogP contribution is -2.47. The highest BCUT2D eigenvalue weighted by Gasteiger charge is 2.28. The molecule has 1 aliphatic heterocycles. The fourth-order valence-electron chi connectivity index (χ4n) is 6.27. The highest BCUT2D eigenvalue weighted by atomic mass is 32.2. The third-order valence-electron chi connectivity index (χ3n) is 9.37. The fourth-order valence-corrected chi connectivity index (χ4v) is 7.25. The summed E-state index contributed by atoms with van der Waals surface area (Å²) in [4.78, 5) is 19.8. The Labute approximate surface area is 273 Å². The molecule has 4 aromatic rings. The number of aromatic amines is 1. The van der Waals surface area contributed by atoms with Gasteiger partial charge in [0.1, 0.15) is 11.8 Å². The van der Waals surface area contributed by atoms with Crippen LogP contribution in [0.3, 0.4) is 0 Å². The second-order valence-electron chi connectivity index (χ2n) is 12.2. The van der Waals surface area contributed by atoms with E-state index in [9.17, 15) is 9.90 Å². The van der Waals surface area contributed by atoms with Gasteiger partial charge in [-0.1, -0.05) is 69.7 Å². The lowest BCUT2D eigenvalue weighted by molar-refractivity contribution is -0.120. The van der Waals surface area contributed by atoms with Crippen LogP contribution in [0.5, 0.6) is 5.75 Å². The Morgan fingerprint density at radius 3 is 2.49 bits per heavy atom. The van der Waals surface area contributed by atoms with Crippen LogP contribution in [0.2, 0.25) is 0 Å². The molecule has 1 saturated carbocycles. The number of amides is 1. The van der Waals surface area contributed by atoms with E-state index in [0.29, 0.717) is 18.8 Å². The Bertz CT molecular complexity index is 1630. The number of allylic oxidation sites excluding steroid dienone is 2. The lowest BCUT2D eigenvalue weighted by Gasteiger charge is -2.30. The number of fused-ring (bicyclic) bond motifs is 5. The van der Waals surface area contributed by atoms with E-state index in [1.807, 2.05) is 49.7 Å². The van der Waals surface area contributed by atoms with Crippen molar-refractivity contribution in [3.63, 3.8) is 0 Å². The van der Waals surface area contributed by atoms with Crippen molar-refractivity contribution in [2.75, 3.05) is 17.7 Å². The molecular weight excluding hydrogens is 575 g/mol. The summed E-state index contributed by atoms with van der Waals surface area (Å²) >= 11 is 1.94. The Morgan fingerprint density at radius 2 is 1.78 bits per heavy atom. The van der Waals surface area contributed by atoms with Gasteiger partial charge in [0.05, 0.1) is 0 Å². The number of aromatic nitrogens is 1. The molecule has 5 nitrogen and oxygen atoms in total. The number of hydrogen-bond acceptors (Lipinski definition) is 4. The molecule has 2 aliphatic rings. The molecule has 1 aliphatic carbocycles. The number of nitrogens with zero attached hydrogens (tertiary/aromatic N) is 1. The van der Waals surface area contributed by atoms with Gasteiger partial charge >= 0.3 is 0 Å². The van der Waals surface area contributed by atoms with Gasteiger partial charge in [-0.15, -0.1) is 0 Å². The first kappa shape index (κ1) is 32.7. The Hall–Kier alpha value is -3.64. The van der Waals surface area contributed by atoms with Crippen molar-refractivity contribution in [3.8, 4) is 5.75 Å². The summed E-state index contributed by atoms with van der Waals surface area (Å²) < 4.78 is 0. The van der Waals surface area contributed by atoms with Crippen LogP contribution < -0.4 is 10.2 Å². The molecule has 3 N–H and O–H groups in total. The molecular formula is C39H49N3O2S. The number of thioether (sulfide) groups is 1. The number of H-pyrrole nitrogens is 1. The summed E-state index contributed by atoms with van der Waals surface area (Å²) in [5.41, 5.74) is 10.7. The van der Waals surface area contributed by atoms with Gasteiger partial charge in [-0.2, -0.15) is 11.8 Å². The largest absolute Gasteiger partial charge is 0.508 e. The molecule has 1 fully saturated rings. The van der Waals surface area contributed by atoms with Crippen molar-refractivity contribution in [3.05, 3.63) is 106 Å². The fraction of sp³-hybridized carbons (Fsp3) is 0.410. The van der Waals surface area contributed by atoms with Crippen LogP contribution in [0.4, 0.5) is 5.69 Å². The highest BCUT2D eigenvalue weighted by molar-refractivity contribution is 7.98. The van der Waals surface area contributed by atoms with Gasteiger partial charge in [-0.25, -0.2) is 0 Å². The summed E-state index contributed by atoms with van der Waals surface area (Å²) in [6, 6.07) is 22.4. The number of aromatic hydroxyl groups is 1. The van der Waals surface area contributed by atoms with Gasteiger partial charge in [0.2, 0.25) is 5.91 Å². The molecule has 238 valence electrons. The lowest BCUT2D eigenvalue weighted by atomic mass is 9.87. The number of aryl methyl sites for hydroxylation is 1. The van der Waals surface area contributed by atoms with E-state index >= 15 is 0 Å². The molecule has 6 heteroatoms. The minimum atomic E-state index is -0.406. The van der Waals surface area contributed by atoms with E-state index in [1.54, 1.807) is 6.07 Å². The zero-order chi connectivity index (χ0) is 31.9. The van der Waals surface area contributed by atoms with Crippen molar-refractivity contribution in [2.45, 2.75) is 90.4 Å². The van der Waals surface area contributed by atoms with Gasteiger partial charge in [0, 0.05) is 53.6 Å². The number of phenolic OH excluding ortho intramolecular Hbond substituents is 1. The summed E-state index contributed by atoms with van der Waals surface area (Å²) in [5, 5.41) is 15.3. The van der Waals surface area contributed by atoms with E-state index in [-0.39, 0.29) is 11.7 Å². The van der Waals surface area contributed by atoms with Crippen molar-refractivity contribution in [1.82, 2.24) is 10.3 Å². The van der Waals surface area contributed by atoms with Gasteiger partial charge in [-0.05, 0) is 96.4 Å². The predicted molar refractivity (Wildman–Crippen MR) is 191 cm³/mol. The molecule has 0 radical (unpaired) electrons. The molecule has 0 saturated heterocycles. The smallest absolute Gasteiger partial charge is 0.249 e. The van der Waals surface area contributed by atoms with Crippen molar-refractivity contribution in [1.29, 1.82) is 0 Å². The maximum atomic E-state index is 14.3. The van der Waals surface area contributed by atoms with Gasteiger partial charge in [-0.3, -0.25) is 4.79 Å². The quantitative estimate of drug-likeness (QED) is 0.212. The van der Waals surface area contributed by atoms with Crippen LogP contribution in [0.15, 0.2) is 78.0 Å². The van der Waals surface area contributed by atoms with Crippen LogP contribution in [-0.4, -0.2) is 34.8 Å². The van der Waals surface area contributed by atoms with Crippen LogP contribution in [-0.2, 0) is 29.8 Å². The van der Waals surface area contributed by atoms with E-state index < -0.39 is 6.04 Å². The first-order chi connectivity index (χ1) is 21.9. The van der Waals surface area contributed by atoms with Gasteiger partial charge < -0.3 is 20.3 Å². The third kappa shape index (κ3) is 7.61. The molecule has 3 aromatic carbocycles. The number of likely N-dealkylation sites (N-methyl/N-ethyl adjacent to an activating group) is 1. The summed E-state index contributed by atoms with van der Waals surface area (Å²) in [6.07, 6.45) is 6.71. The zero-order valence-corrected chi connectivity index (χ0v) is 28.4. The topological polar surface area (TPSA) is 68.4 Å². The zero-order valence-electron chi connectivity index (χ0n) is 27.6. The molecule has 6 rings (SSSR count). The minimum Gasteiger partial charge on any atom is -0.508 e. The van der Waals surface area contributed by atoms with E-state index in [2.05, 4.69) is 72.7 Å². The average molecular weight is 624 g/mol. The number of carbonyl (C=O) groups is 1. The maximum absolute atomic E-state index is 14.3. The van der Waals surface area contributed by atoms with E-state index in [4.69, 9.17) is 0 Å². The normalized spacial score (nSPS) is 17.6.